The zero-order valence-corrected chi connectivity index (χ0v) is 10.4. The SMILES string of the molecule is CCc1ccc(C(=O)NCc2ccccn2)cc1. The largest absolute Gasteiger partial charge is 0.346 e. The van der Waals surface area contributed by atoms with Crippen LogP contribution in [-0.4, -0.2) is 10.9 Å². The standard InChI is InChI=1S/C15H16N2O/c1-2-12-6-8-13(9-7-12)15(18)17-11-14-5-3-4-10-16-14/h3-10H,2,11H2,1H3,(H,17,18). The van der Waals surface area contributed by atoms with Crippen LogP contribution >= 0.6 is 0 Å². The molecule has 0 aliphatic heterocycles. The second kappa shape index (κ2) is 5.96. The number of hydrogen-bond acceptors (Lipinski definition) is 2. The maximum Gasteiger partial charge on any atom is 0.251 e. The summed E-state index contributed by atoms with van der Waals surface area (Å²) in [6, 6.07) is 13.3. The van der Waals surface area contributed by atoms with Gasteiger partial charge in [0.25, 0.3) is 5.91 Å². The van der Waals surface area contributed by atoms with Crippen LogP contribution in [0, 0.1) is 0 Å². The number of benzene rings is 1. The molecule has 0 bridgehead atoms. The number of carbonyl (C=O) groups excluding carboxylic acids is 1. The molecule has 0 saturated heterocycles. The van der Waals surface area contributed by atoms with Crippen LogP contribution in [0.3, 0.4) is 0 Å². The van der Waals surface area contributed by atoms with Gasteiger partial charge in [-0.1, -0.05) is 25.1 Å². The van der Waals surface area contributed by atoms with E-state index in [0.717, 1.165) is 12.1 Å². The van der Waals surface area contributed by atoms with Crippen LogP contribution < -0.4 is 5.32 Å². The predicted molar refractivity (Wildman–Crippen MR) is 71.2 cm³/mol. The van der Waals surface area contributed by atoms with Gasteiger partial charge in [0.05, 0.1) is 12.2 Å². The minimum Gasteiger partial charge on any atom is -0.346 e. The van der Waals surface area contributed by atoms with Gasteiger partial charge in [-0.05, 0) is 36.2 Å². The maximum absolute atomic E-state index is 11.9. The van der Waals surface area contributed by atoms with Crippen molar-refractivity contribution in [1.29, 1.82) is 0 Å². The number of carbonyl (C=O) groups is 1. The molecule has 0 aliphatic rings. The van der Waals surface area contributed by atoms with E-state index in [1.807, 2.05) is 42.5 Å². The molecule has 0 unspecified atom stereocenters. The average Bonchev–Trinajstić information content (AvgIpc) is 2.46. The summed E-state index contributed by atoms with van der Waals surface area (Å²) in [6.45, 7) is 2.55. The fourth-order valence-electron chi connectivity index (χ4n) is 1.67. The van der Waals surface area contributed by atoms with Gasteiger partial charge in [-0.15, -0.1) is 0 Å². The lowest BCUT2D eigenvalue weighted by molar-refractivity contribution is 0.0950. The molecule has 0 radical (unpaired) electrons. The van der Waals surface area contributed by atoms with Gasteiger partial charge < -0.3 is 5.32 Å². The fourth-order valence-corrected chi connectivity index (χ4v) is 1.67. The van der Waals surface area contributed by atoms with Crippen molar-refractivity contribution in [2.45, 2.75) is 19.9 Å². The van der Waals surface area contributed by atoms with Crippen LogP contribution in [0.1, 0.15) is 28.5 Å². The summed E-state index contributed by atoms with van der Waals surface area (Å²) in [7, 11) is 0. The average molecular weight is 240 g/mol. The first-order valence-electron chi connectivity index (χ1n) is 6.06. The first-order chi connectivity index (χ1) is 8.79. The summed E-state index contributed by atoms with van der Waals surface area (Å²) in [6.07, 6.45) is 2.70. The molecule has 1 aromatic heterocycles. The smallest absolute Gasteiger partial charge is 0.251 e. The number of hydrogen-bond donors (Lipinski definition) is 1. The monoisotopic (exact) mass is 240 g/mol. The molecule has 2 aromatic rings. The Morgan fingerprint density at radius 2 is 1.94 bits per heavy atom. The van der Waals surface area contributed by atoms with Crippen molar-refractivity contribution in [3.8, 4) is 0 Å². The highest BCUT2D eigenvalue weighted by atomic mass is 16.1. The van der Waals surface area contributed by atoms with E-state index in [1.54, 1.807) is 6.20 Å². The van der Waals surface area contributed by atoms with Gasteiger partial charge in [0.1, 0.15) is 0 Å². The third kappa shape index (κ3) is 3.17. The van der Waals surface area contributed by atoms with Crippen LogP contribution in [0.2, 0.25) is 0 Å². The summed E-state index contributed by atoms with van der Waals surface area (Å²) in [5.74, 6) is -0.0664. The van der Waals surface area contributed by atoms with E-state index in [1.165, 1.54) is 5.56 Å². The first-order valence-corrected chi connectivity index (χ1v) is 6.06. The molecule has 0 saturated carbocycles. The molecule has 0 aliphatic carbocycles. The summed E-state index contributed by atoms with van der Waals surface area (Å²) in [4.78, 5) is 16.0. The Labute approximate surface area is 107 Å². The molecule has 0 atom stereocenters. The Kier molecular flexibility index (Phi) is 4.07. The number of nitrogens with one attached hydrogen (secondary N) is 1. The second-order valence-electron chi connectivity index (χ2n) is 4.05. The third-order valence-corrected chi connectivity index (χ3v) is 2.78. The summed E-state index contributed by atoms with van der Waals surface area (Å²) in [5.41, 5.74) is 2.77. The van der Waals surface area contributed by atoms with Crippen molar-refractivity contribution < 1.29 is 4.79 Å². The molecular weight excluding hydrogens is 224 g/mol. The van der Waals surface area contributed by atoms with Crippen LogP contribution in [0.15, 0.2) is 48.7 Å². The van der Waals surface area contributed by atoms with E-state index in [4.69, 9.17) is 0 Å². The summed E-state index contributed by atoms with van der Waals surface area (Å²) >= 11 is 0. The molecule has 0 spiro atoms. The molecule has 3 heteroatoms. The lowest BCUT2D eigenvalue weighted by Gasteiger charge is -2.05. The van der Waals surface area contributed by atoms with E-state index < -0.39 is 0 Å². The maximum atomic E-state index is 11.9. The summed E-state index contributed by atoms with van der Waals surface area (Å²) in [5, 5.41) is 2.85. The lowest BCUT2D eigenvalue weighted by atomic mass is 10.1. The van der Waals surface area contributed by atoms with E-state index in [9.17, 15) is 4.79 Å². The number of amides is 1. The van der Waals surface area contributed by atoms with Crippen molar-refractivity contribution in [2.75, 3.05) is 0 Å². The number of nitrogens with zero attached hydrogens (tertiary/aromatic N) is 1. The van der Waals surface area contributed by atoms with Crippen LogP contribution in [0.25, 0.3) is 0 Å². The molecule has 1 heterocycles. The fraction of sp³-hybridized carbons (Fsp3) is 0.200. The molecule has 92 valence electrons. The van der Waals surface area contributed by atoms with Crippen LogP contribution in [0.4, 0.5) is 0 Å². The predicted octanol–water partition coefficient (Wildman–Crippen LogP) is 2.57. The van der Waals surface area contributed by atoms with Gasteiger partial charge in [-0.3, -0.25) is 9.78 Å². The second-order valence-corrected chi connectivity index (χ2v) is 4.05. The van der Waals surface area contributed by atoms with E-state index in [2.05, 4.69) is 17.2 Å². The minimum absolute atomic E-state index is 0.0664. The van der Waals surface area contributed by atoms with Crippen molar-refractivity contribution >= 4 is 5.91 Å². The zero-order valence-electron chi connectivity index (χ0n) is 10.4. The zero-order chi connectivity index (χ0) is 12.8. The Morgan fingerprint density at radius 3 is 2.56 bits per heavy atom. The highest BCUT2D eigenvalue weighted by Crippen LogP contribution is 2.05. The van der Waals surface area contributed by atoms with Gasteiger partial charge in [0, 0.05) is 11.8 Å². The van der Waals surface area contributed by atoms with E-state index in [0.29, 0.717) is 12.1 Å². The molecule has 1 N–H and O–H groups in total. The minimum atomic E-state index is -0.0664. The van der Waals surface area contributed by atoms with Gasteiger partial charge in [0.15, 0.2) is 0 Å². The lowest BCUT2D eigenvalue weighted by Crippen LogP contribution is -2.23. The van der Waals surface area contributed by atoms with E-state index in [-0.39, 0.29) is 5.91 Å². The number of aryl methyl sites for hydroxylation is 1. The topological polar surface area (TPSA) is 42.0 Å². The Morgan fingerprint density at radius 1 is 1.17 bits per heavy atom. The molecule has 3 nitrogen and oxygen atoms in total. The third-order valence-electron chi connectivity index (χ3n) is 2.78. The van der Waals surface area contributed by atoms with Crippen molar-refractivity contribution in [2.24, 2.45) is 0 Å². The van der Waals surface area contributed by atoms with Gasteiger partial charge in [0.2, 0.25) is 0 Å². The van der Waals surface area contributed by atoms with E-state index >= 15 is 0 Å². The molecule has 0 fully saturated rings. The number of aromatic nitrogens is 1. The molecule has 18 heavy (non-hydrogen) atoms. The Hall–Kier alpha value is -2.16. The van der Waals surface area contributed by atoms with Gasteiger partial charge in [-0.2, -0.15) is 0 Å². The molecule has 2 rings (SSSR count). The highest BCUT2D eigenvalue weighted by molar-refractivity contribution is 5.94. The molecule has 1 amide bonds. The Balaban J connectivity index is 1.95. The van der Waals surface area contributed by atoms with Crippen LogP contribution in [0.5, 0.6) is 0 Å². The van der Waals surface area contributed by atoms with Crippen LogP contribution in [-0.2, 0) is 13.0 Å². The quantitative estimate of drug-likeness (QED) is 0.892. The highest BCUT2D eigenvalue weighted by Gasteiger charge is 2.04. The van der Waals surface area contributed by atoms with Gasteiger partial charge in [-0.25, -0.2) is 0 Å². The normalized spacial score (nSPS) is 10.1. The Bertz CT molecular complexity index is 506. The number of rotatable bonds is 4. The van der Waals surface area contributed by atoms with Crippen molar-refractivity contribution in [3.63, 3.8) is 0 Å². The van der Waals surface area contributed by atoms with Crippen molar-refractivity contribution in [3.05, 3.63) is 65.5 Å². The molecule has 1 aromatic carbocycles. The molecular formula is C15H16N2O. The first kappa shape index (κ1) is 12.3. The van der Waals surface area contributed by atoms with Crippen molar-refractivity contribution in [1.82, 2.24) is 10.3 Å². The van der Waals surface area contributed by atoms with Gasteiger partial charge >= 0.3 is 0 Å². The summed E-state index contributed by atoms with van der Waals surface area (Å²) < 4.78 is 0. The number of pyridine rings is 1.